The average molecular weight is 311 g/mol. The number of thiophene rings is 1. The lowest BCUT2D eigenvalue weighted by atomic mass is 10.0. The maximum absolute atomic E-state index is 10.2. The van der Waals surface area contributed by atoms with Crippen LogP contribution in [0.2, 0.25) is 0 Å². The normalized spacial score (nSPS) is 12.6. The van der Waals surface area contributed by atoms with Crippen molar-refractivity contribution in [2.45, 2.75) is 25.9 Å². The molecule has 1 atom stereocenters. The molecule has 0 radical (unpaired) electrons. The summed E-state index contributed by atoms with van der Waals surface area (Å²) in [6, 6.07) is 8.13. The summed E-state index contributed by atoms with van der Waals surface area (Å²) in [5.41, 5.74) is 3.45. The van der Waals surface area contributed by atoms with Crippen LogP contribution in [0.3, 0.4) is 0 Å². The van der Waals surface area contributed by atoms with E-state index in [0.717, 1.165) is 28.4 Å². The lowest BCUT2D eigenvalue weighted by Gasteiger charge is -2.13. The number of aliphatic hydroxyl groups is 1. The van der Waals surface area contributed by atoms with Crippen LogP contribution in [0.5, 0.6) is 0 Å². The van der Waals surface area contributed by atoms with E-state index in [2.05, 4.69) is 32.8 Å². The van der Waals surface area contributed by atoms with Gasteiger partial charge in [0.2, 0.25) is 0 Å². The Kier molecular flexibility index (Phi) is 4.37. The van der Waals surface area contributed by atoms with Crippen LogP contribution in [0.15, 0.2) is 39.5 Å². The third kappa shape index (κ3) is 3.18. The molecule has 1 N–H and O–H groups in total. The zero-order valence-electron chi connectivity index (χ0n) is 9.69. The molecule has 0 spiro atoms. The van der Waals surface area contributed by atoms with Gasteiger partial charge in [-0.1, -0.05) is 34.1 Å². The molecule has 0 amide bonds. The fourth-order valence-corrected chi connectivity index (χ4v) is 3.05. The summed E-state index contributed by atoms with van der Waals surface area (Å²) < 4.78 is 1.03. The molecule has 0 aliphatic rings. The van der Waals surface area contributed by atoms with Gasteiger partial charge in [0.1, 0.15) is 0 Å². The van der Waals surface area contributed by atoms with Gasteiger partial charge in [-0.25, -0.2) is 0 Å². The fourth-order valence-electron chi connectivity index (χ4n) is 1.82. The van der Waals surface area contributed by atoms with Crippen LogP contribution in [0.4, 0.5) is 0 Å². The molecule has 0 saturated heterocycles. The van der Waals surface area contributed by atoms with Crippen molar-refractivity contribution in [2.75, 3.05) is 0 Å². The molecular weight excluding hydrogens is 296 g/mol. The average Bonchev–Trinajstić information content (AvgIpc) is 2.82. The first-order chi connectivity index (χ1) is 8.18. The predicted octanol–water partition coefficient (Wildman–Crippen LogP) is 4.49. The van der Waals surface area contributed by atoms with E-state index in [1.165, 1.54) is 5.56 Å². The Balaban J connectivity index is 2.04. The number of hydrogen-bond donors (Lipinski definition) is 1. The molecule has 1 aromatic carbocycles. The lowest BCUT2D eigenvalue weighted by molar-refractivity contribution is 0.167. The summed E-state index contributed by atoms with van der Waals surface area (Å²) >= 11 is 5.24. The third-order valence-electron chi connectivity index (χ3n) is 2.87. The number of hydrogen-bond acceptors (Lipinski definition) is 2. The molecular formula is C14H15BrOS. The van der Waals surface area contributed by atoms with Crippen molar-refractivity contribution in [1.29, 1.82) is 0 Å². The Hall–Kier alpha value is -0.640. The van der Waals surface area contributed by atoms with Gasteiger partial charge in [0.05, 0.1) is 6.10 Å². The molecule has 1 heterocycles. The molecule has 0 bridgehead atoms. The Bertz CT molecular complexity index is 479. The van der Waals surface area contributed by atoms with E-state index < -0.39 is 6.10 Å². The Morgan fingerprint density at radius 1 is 1.35 bits per heavy atom. The maximum atomic E-state index is 10.2. The van der Waals surface area contributed by atoms with Crippen molar-refractivity contribution in [3.63, 3.8) is 0 Å². The second kappa shape index (κ2) is 5.80. The lowest BCUT2D eigenvalue weighted by Crippen LogP contribution is -2.01. The van der Waals surface area contributed by atoms with Gasteiger partial charge in [-0.3, -0.25) is 0 Å². The summed E-state index contributed by atoms with van der Waals surface area (Å²) in [7, 11) is 0. The van der Waals surface area contributed by atoms with Crippen molar-refractivity contribution in [2.24, 2.45) is 0 Å². The number of benzene rings is 1. The van der Waals surface area contributed by atoms with Crippen molar-refractivity contribution in [3.05, 3.63) is 56.2 Å². The van der Waals surface area contributed by atoms with Gasteiger partial charge in [-0.05, 0) is 53.3 Å². The van der Waals surface area contributed by atoms with Gasteiger partial charge in [-0.2, -0.15) is 11.3 Å². The van der Waals surface area contributed by atoms with Crippen LogP contribution in [0.25, 0.3) is 0 Å². The highest BCUT2D eigenvalue weighted by atomic mass is 79.9. The van der Waals surface area contributed by atoms with E-state index in [1.807, 2.05) is 25.1 Å². The van der Waals surface area contributed by atoms with E-state index in [4.69, 9.17) is 0 Å². The number of aryl methyl sites for hydroxylation is 2. The summed E-state index contributed by atoms with van der Waals surface area (Å²) in [6.07, 6.45) is 1.29. The minimum atomic E-state index is -0.399. The molecule has 1 nitrogen and oxygen atoms in total. The molecule has 2 aromatic rings. The van der Waals surface area contributed by atoms with Crippen LogP contribution in [0, 0.1) is 6.92 Å². The van der Waals surface area contributed by atoms with E-state index in [9.17, 15) is 5.11 Å². The minimum Gasteiger partial charge on any atom is -0.388 e. The van der Waals surface area contributed by atoms with Gasteiger partial charge in [0.15, 0.2) is 0 Å². The first-order valence-corrected chi connectivity index (χ1v) is 7.36. The summed E-state index contributed by atoms with van der Waals surface area (Å²) in [4.78, 5) is 0. The molecule has 90 valence electrons. The summed E-state index contributed by atoms with van der Waals surface area (Å²) in [6.45, 7) is 2.04. The number of halogens is 1. The highest BCUT2D eigenvalue weighted by Gasteiger charge is 2.12. The van der Waals surface area contributed by atoms with Crippen molar-refractivity contribution >= 4 is 27.3 Å². The molecule has 1 aromatic heterocycles. The van der Waals surface area contributed by atoms with Crippen LogP contribution in [0.1, 0.15) is 29.2 Å². The Morgan fingerprint density at radius 2 is 2.18 bits per heavy atom. The smallest absolute Gasteiger partial charge is 0.0804 e. The van der Waals surface area contributed by atoms with Crippen molar-refractivity contribution < 1.29 is 5.11 Å². The molecule has 0 aliphatic heterocycles. The second-order valence-corrected chi connectivity index (χ2v) is 5.74. The van der Waals surface area contributed by atoms with Crippen LogP contribution < -0.4 is 0 Å². The molecule has 0 fully saturated rings. The predicted molar refractivity (Wildman–Crippen MR) is 76.5 cm³/mol. The summed E-state index contributed by atoms with van der Waals surface area (Å²) in [5, 5.41) is 14.4. The zero-order valence-corrected chi connectivity index (χ0v) is 12.1. The molecule has 2 rings (SSSR count). The molecule has 3 heteroatoms. The van der Waals surface area contributed by atoms with Crippen molar-refractivity contribution in [3.8, 4) is 0 Å². The Morgan fingerprint density at radius 3 is 2.88 bits per heavy atom. The summed E-state index contributed by atoms with van der Waals surface area (Å²) in [5.74, 6) is 0. The SMILES string of the molecule is Cc1cccc(C(O)CCc2ccsc2)c1Br. The first kappa shape index (κ1) is 12.8. The largest absolute Gasteiger partial charge is 0.388 e. The maximum Gasteiger partial charge on any atom is 0.0804 e. The van der Waals surface area contributed by atoms with E-state index >= 15 is 0 Å². The van der Waals surface area contributed by atoms with E-state index in [1.54, 1.807) is 11.3 Å². The van der Waals surface area contributed by atoms with Gasteiger partial charge < -0.3 is 5.11 Å². The standard InChI is InChI=1S/C14H15BrOS/c1-10-3-2-4-12(14(10)15)13(16)6-5-11-7-8-17-9-11/h2-4,7-9,13,16H,5-6H2,1H3. The highest BCUT2D eigenvalue weighted by molar-refractivity contribution is 9.10. The van der Waals surface area contributed by atoms with Gasteiger partial charge in [0, 0.05) is 4.47 Å². The van der Waals surface area contributed by atoms with Crippen molar-refractivity contribution in [1.82, 2.24) is 0 Å². The fraction of sp³-hybridized carbons (Fsp3) is 0.286. The molecule has 0 saturated carbocycles. The third-order valence-corrected chi connectivity index (χ3v) is 4.68. The Labute approximate surface area is 114 Å². The monoisotopic (exact) mass is 310 g/mol. The number of aliphatic hydroxyl groups excluding tert-OH is 1. The van der Waals surface area contributed by atoms with Crippen LogP contribution >= 0.6 is 27.3 Å². The quantitative estimate of drug-likeness (QED) is 0.882. The molecule has 0 aliphatic carbocycles. The highest BCUT2D eigenvalue weighted by Crippen LogP contribution is 2.29. The van der Waals surface area contributed by atoms with E-state index in [-0.39, 0.29) is 0 Å². The van der Waals surface area contributed by atoms with Gasteiger partial charge >= 0.3 is 0 Å². The first-order valence-electron chi connectivity index (χ1n) is 5.62. The van der Waals surface area contributed by atoms with Crippen LogP contribution in [-0.2, 0) is 6.42 Å². The van der Waals surface area contributed by atoms with Gasteiger partial charge in [0.25, 0.3) is 0 Å². The second-order valence-electron chi connectivity index (χ2n) is 4.16. The van der Waals surface area contributed by atoms with Crippen LogP contribution in [-0.4, -0.2) is 5.11 Å². The zero-order chi connectivity index (χ0) is 12.3. The van der Waals surface area contributed by atoms with E-state index in [0.29, 0.717) is 0 Å². The van der Waals surface area contributed by atoms with Gasteiger partial charge in [-0.15, -0.1) is 0 Å². The molecule has 1 unspecified atom stereocenters. The molecule has 17 heavy (non-hydrogen) atoms. The minimum absolute atomic E-state index is 0.399. The number of rotatable bonds is 4. The topological polar surface area (TPSA) is 20.2 Å².